The van der Waals surface area contributed by atoms with E-state index < -0.39 is 0 Å². The fraction of sp³-hybridized carbons (Fsp3) is 0.407. The number of para-hydroxylation sites is 1. The van der Waals surface area contributed by atoms with Crippen molar-refractivity contribution >= 4 is 16.8 Å². The Kier molecular flexibility index (Phi) is 7.34. The zero-order valence-electron chi connectivity index (χ0n) is 19.5. The summed E-state index contributed by atoms with van der Waals surface area (Å²) in [5.41, 5.74) is 3.64. The van der Waals surface area contributed by atoms with Gasteiger partial charge in [-0.25, -0.2) is 0 Å². The minimum Gasteiger partial charge on any atom is -0.481 e. The van der Waals surface area contributed by atoms with Gasteiger partial charge in [-0.15, -0.1) is 0 Å². The van der Waals surface area contributed by atoms with Crippen LogP contribution in [0.1, 0.15) is 11.1 Å². The number of pyridine rings is 1. The molecule has 0 bridgehead atoms. The van der Waals surface area contributed by atoms with Gasteiger partial charge in [0, 0.05) is 56.9 Å². The summed E-state index contributed by atoms with van der Waals surface area (Å²) in [4.78, 5) is 22.0. The first-order valence-corrected chi connectivity index (χ1v) is 12.1. The van der Waals surface area contributed by atoms with Crippen LogP contribution in [0.5, 0.6) is 5.75 Å². The number of nitrogens with zero attached hydrogens (tertiary/aromatic N) is 3. The number of amides is 1. The Balaban J connectivity index is 1.18. The summed E-state index contributed by atoms with van der Waals surface area (Å²) in [5.74, 6) is 0.514. The summed E-state index contributed by atoms with van der Waals surface area (Å²) in [6.07, 6.45) is 2.81. The molecule has 2 aromatic carbocycles. The molecule has 0 saturated carbocycles. The molecule has 0 radical (unpaired) electrons. The highest BCUT2D eigenvalue weighted by Crippen LogP contribution is 2.23. The number of hydrogen-bond donors (Lipinski definition) is 1. The molecule has 3 aromatic rings. The number of ether oxygens (including phenoxy) is 2. The summed E-state index contributed by atoms with van der Waals surface area (Å²) in [6.45, 7) is 6.76. The van der Waals surface area contributed by atoms with Gasteiger partial charge in [0.05, 0.1) is 13.2 Å². The molecular weight excluding hydrogens is 428 g/mol. The third kappa shape index (κ3) is 5.55. The van der Waals surface area contributed by atoms with E-state index >= 15 is 0 Å². The predicted octanol–water partition coefficient (Wildman–Crippen LogP) is 2.49. The Morgan fingerprint density at radius 2 is 1.85 bits per heavy atom. The Morgan fingerprint density at radius 3 is 2.74 bits per heavy atom. The van der Waals surface area contributed by atoms with E-state index in [-0.39, 0.29) is 18.6 Å². The molecule has 0 aliphatic carbocycles. The van der Waals surface area contributed by atoms with Crippen LogP contribution in [0.3, 0.4) is 0 Å². The lowest BCUT2D eigenvalue weighted by atomic mass is 9.99. The van der Waals surface area contributed by atoms with Gasteiger partial charge in [0.2, 0.25) is 0 Å². The van der Waals surface area contributed by atoms with E-state index in [0.717, 1.165) is 63.3 Å². The lowest BCUT2D eigenvalue weighted by Crippen LogP contribution is -2.54. The first-order valence-electron chi connectivity index (χ1n) is 12.1. The second-order valence-corrected chi connectivity index (χ2v) is 8.98. The molecule has 7 heteroatoms. The normalized spacial score (nSPS) is 17.8. The zero-order valence-corrected chi connectivity index (χ0v) is 19.5. The molecule has 1 saturated heterocycles. The predicted molar refractivity (Wildman–Crippen MR) is 132 cm³/mol. The van der Waals surface area contributed by atoms with E-state index in [1.54, 1.807) is 6.20 Å². The maximum atomic E-state index is 12.7. The molecule has 3 heterocycles. The van der Waals surface area contributed by atoms with Crippen molar-refractivity contribution in [2.45, 2.75) is 19.0 Å². The molecule has 5 rings (SSSR count). The summed E-state index contributed by atoms with van der Waals surface area (Å²) in [7, 11) is 0. The number of carbonyl (C=O) groups is 1. The van der Waals surface area contributed by atoms with E-state index in [9.17, 15) is 4.79 Å². The Hall–Kier alpha value is -3.00. The second-order valence-electron chi connectivity index (χ2n) is 8.98. The standard InChI is InChI=1S/C27H32N4O3/c32-26(20-34-25-9-3-7-22-8-4-11-28-27(22)25)29-17-24(31-13-15-33-16-14-31)19-30-12-10-21-5-1-2-6-23(21)18-30/h1-9,11,24H,10,12-20H2,(H,29,32). The quantitative estimate of drug-likeness (QED) is 0.557. The molecule has 1 aromatic heterocycles. The summed E-state index contributed by atoms with van der Waals surface area (Å²) in [6, 6.07) is 18.6. The fourth-order valence-electron chi connectivity index (χ4n) is 4.88. The van der Waals surface area contributed by atoms with Gasteiger partial charge < -0.3 is 14.8 Å². The molecule has 1 N–H and O–H groups in total. The third-order valence-corrected chi connectivity index (χ3v) is 6.73. The van der Waals surface area contributed by atoms with Crippen molar-refractivity contribution in [2.24, 2.45) is 0 Å². The van der Waals surface area contributed by atoms with Gasteiger partial charge in [0.15, 0.2) is 6.61 Å². The van der Waals surface area contributed by atoms with Crippen molar-refractivity contribution in [1.29, 1.82) is 0 Å². The van der Waals surface area contributed by atoms with E-state index in [4.69, 9.17) is 9.47 Å². The van der Waals surface area contributed by atoms with Crippen LogP contribution in [0.25, 0.3) is 10.9 Å². The second kappa shape index (κ2) is 11.0. The van der Waals surface area contributed by atoms with Gasteiger partial charge in [0.25, 0.3) is 5.91 Å². The van der Waals surface area contributed by atoms with Crippen molar-refractivity contribution in [3.63, 3.8) is 0 Å². The minimum absolute atomic E-state index is 0.0252. The first-order chi connectivity index (χ1) is 16.8. The summed E-state index contributed by atoms with van der Waals surface area (Å²) in [5, 5.41) is 4.11. The van der Waals surface area contributed by atoms with Crippen LogP contribution >= 0.6 is 0 Å². The average molecular weight is 461 g/mol. The molecule has 34 heavy (non-hydrogen) atoms. The fourth-order valence-corrected chi connectivity index (χ4v) is 4.88. The van der Waals surface area contributed by atoms with Gasteiger partial charge in [-0.3, -0.25) is 19.6 Å². The highest BCUT2D eigenvalue weighted by Gasteiger charge is 2.26. The maximum absolute atomic E-state index is 12.7. The number of carbonyl (C=O) groups excluding carboxylic acids is 1. The minimum atomic E-state index is -0.116. The third-order valence-electron chi connectivity index (χ3n) is 6.73. The van der Waals surface area contributed by atoms with Gasteiger partial charge in [-0.05, 0) is 29.7 Å². The molecule has 2 aliphatic rings. The largest absolute Gasteiger partial charge is 0.481 e. The van der Waals surface area contributed by atoms with E-state index in [0.29, 0.717) is 12.3 Å². The van der Waals surface area contributed by atoms with Crippen molar-refractivity contribution in [3.8, 4) is 5.75 Å². The van der Waals surface area contributed by atoms with Gasteiger partial charge >= 0.3 is 0 Å². The Labute approximate surface area is 200 Å². The molecule has 1 atom stereocenters. The first kappa shape index (κ1) is 22.8. The highest BCUT2D eigenvalue weighted by atomic mass is 16.5. The number of benzene rings is 2. The van der Waals surface area contributed by atoms with Crippen molar-refractivity contribution in [1.82, 2.24) is 20.1 Å². The van der Waals surface area contributed by atoms with Gasteiger partial charge in [-0.1, -0.05) is 42.5 Å². The lowest BCUT2D eigenvalue weighted by Gasteiger charge is -2.39. The Morgan fingerprint density at radius 1 is 1.03 bits per heavy atom. The van der Waals surface area contributed by atoms with Crippen LogP contribution in [0.15, 0.2) is 60.8 Å². The van der Waals surface area contributed by atoms with Crippen LogP contribution in [0.2, 0.25) is 0 Å². The molecular formula is C27H32N4O3. The summed E-state index contributed by atoms with van der Waals surface area (Å²) < 4.78 is 11.4. The molecule has 0 spiro atoms. The average Bonchev–Trinajstić information content (AvgIpc) is 2.90. The molecule has 1 unspecified atom stereocenters. The van der Waals surface area contributed by atoms with Crippen molar-refractivity contribution in [3.05, 3.63) is 71.9 Å². The van der Waals surface area contributed by atoms with Gasteiger partial charge in [-0.2, -0.15) is 0 Å². The maximum Gasteiger partial charge on any atom is 0.257 e. The van der Waals surface area contributed by atoms with Crippen molar-refractivity contribution < 1.29 is 14.3 Å². The van der Waals surface area contributed by atoms with Crippen molar-refractivity contribution in [2.75, 3.05) is 52.5 Å². The molecule has 7 nitrogen and oxygen atoms in total. The SMILES string of the molecule is O=C(COc1cccc2cccnc12)NCC(CN1CCc2ccccc2C1)N1CCOCC1. The number of rotatable bonds is 8. The van der Waals surface area contributed by atoms with Crippen LogP contribution in [-0.2, 0) is 22.5 Å². The van der Waals surface area contributed by atoms with Crippen LogP contribution < -0.4 is 10.1 Å². The van der Waals surface area contributed by atoms with Crippen LogP contribution in [0.4, 0.5) is 0 Å². The molecule has 2 aliphatic heterocycles. The monoisotopic (exact) mass is 460 g/mol. The zero-order chi connectivity index (χ0) is 23.2. The molecule has 1 fully saturated rings. The van der Waals surface area contributed by atoms with Crippen LogP contribution in [0, 0.1) is 0 Å². The number of hydrogen-bond acceptors (Lipinski definition) is 6. The number of fused-ring (bicyclic) bond motifs is 2. The topological polar surface area (TPSA) is 66.9 Å². The summed E-state index contributed by atoms with van der Waals surface area (Å²) >= 11 is 0. The number of morpholine rings is 1. The highest BCUT2D eigenvalue weighted by molar-refractivity contribution is 5.85. The van der Waals surface area contributed by atoms with E-state index in [2.05, 4.69) is 44.4 Å². The molecule has 178 valence electrons. The van der Waals surface area contributed by atoms with Gasteiger partial charge in [0.1, 0.15) is 11.3 Å². The Bertz CT molecular complexity index is 1110. The van der Waals surface area contributed by atoms with Crippen LogP contribution in [-0.4, -0.2) is 79.3 Å². The molecule has 1 amide bonds. The van der Waals surface area contributed by atoms with E-state index in [1.165, 1.54) is 11.1 Å². The smallest absolute Gasteiger partial charge is 0.257 e. The lowest BCUT2D eigenvalue weighted by molar-refractivity contribution is -0.123. The number of aromatic nitrogens is 1. The number of nitrogens with one attached hydrogen (secondary N) is 1. The van der Waals surface area contributed by atoms with E-state index in [1.807, 2.05) is 30.3 Å².